The Hall–Kier alpha value is -1.03. The molecule has 0 bridgehead atoms. The van der Waals surface area contributed by atoms with Crippen LogP contribution < -0.4 is 5.73 Å². The highest BCUT2D eigenvalue weighted by Gasteiger charge is 2.13. The van der Waals surface area contributed by atoms with Crippen LogP contribution in [0.5, 0.6) is 0 Å². The van der Waals surface area contributed by atoms with Crippen LogP contribution >= 0.6 is 0 Å². The fraction of sp³-hybridized carbons (Fsp3) is 0.625. The van der Waals surface area contributed by atoms with E-state index in [0.717, 1.165) is 0 Å². The molecule has 2 N–H and O–H groups in total. The van der Waals surface area contributed by atoms with Crippen molar-refractivity contribution in [1.82, 2.24) is 5.16 Å². The molecule has 0 unspecified atom stereocenters. The second-order valence-electron chi connectivity index (χ2n) is 3.61. The largest absolute Gasteiger partial charge is 0.394 e. The Morgan fingerprint density at radius 1 is 1.58 bits per heavy atom. The number of hydrogen-bond acceptors (Lipinski definition) is 4. The molecule has 0 aliphatic carbocycles. The molecule has 0 fully saturated rings. The first kappa shape index (κ1) is 9.06. The summed E-state index contributed by atoms with van der Waals surface area (Å²) in [5.74, 6) is 0.588. The second kappa shape index (κ2) is 3.15. The lowest BCUT2D eigenvalue weighted by atomic mass is 10.2. The van der Waals surface area contributed by atoms with Crippen molar-refractivity contribution >= 4 is 5.69 Å². The number of rotatable bonds is 2. The third kappa shape index (κ3) is 2.54. The van der Waals surface area contributed by atoms with Crippen LogP contribution in [0.1, 0.15) is 26.5 Å². The lowest BCUT2D eigenvalue weighted by molar-refractivity contribution is -0.0238. The molecule has 4 nitrogen and oxygen atoms in total. The number of hydrogen-bond donors (Lipinski definition) is 1. The van der Waals surface area contributed by atoms with Gasteiger partial charge in [0.15, 0.2) is 5.76 Å². The van der Waals surface area contributed by atoms with Gasteiger partial charge in [-0.3, -0.25) is 0 Å². The normalized spacial score (nSPS) is 11.9. The number of aromatic nitrogens is 1. The lowest BCUT2D eigenvalue weighted by Crippen LogP contribution is -2.18. The molecule has 0 amide bonds. The zero-order valence-electron chi connectivity index (χ0n) is 7.63. The standard InChI is InChI=1S/C8H14N2O2/c1-8(2,3)11-5-7-6(9)4-10-12-7/h4H,5,9H2,1-3H3. The summed E-state index contributed by atoms with van der Waals surface area (Å²) in [5.41, 5.74) is 5.89. The maximum Gasteiger partial charge on any atom is 0.185 e. The van der Waals surface area contributed by atoms with E-state index < -0.39 is 0 Å². The Morgan fingerprint density at radius 2 is 2.25 bits per heavy atom. The van der Waals surface area contributed by atoms with Crippen LogP contribution in [0, 0.1) is 0 Å². The average Bonchev–Trinajstić information content (AvgIpc) is 2.29. The molecule has 0 spiro atoms. The minimum absolute atomic E-state index is 0.181. The maximum atomic E-state index is 5.53. The van der Waals surface area contributed by atoms with Gasteiger partial charge >= 0.3 is 0 Å². The van der Waals surface area contributed by atoms with Gasteiger partial charge in [-0.15, -0.1) is 0 Å². The first-order chi connectivity index (χ1) is 5.49. The highest BCUT2D eigenvalue weighted by atomic mass is 16.5. The Labute approximate surface area is 71.7 Å². The average molecular weight is 170 g/mol. The molecule has 1 aromatic rings. The quantitative estimate of drug-likeness (QED) is 0.731. The molecule has 0 atom stereocenters. The van der Waals surface area contributed by atoms with Crippen molar-refractivity contribution in [3.8, 4) is 0 Å². The molecule has 1 aromatic heterocycles. The highest BCUT2D eigenvalue weighted by Crippen LogP contribution is 2.15. The molecule has 0 aliphatic rings. The fourth-order valence-corrected chi connectivity index (χ4v) is 0.663. The molecule has 1 heterocycles. The van der Waals surface area contributed by atoms with Crippen molar-refractivity contribution < 1.29 is 9.26 Å². The van der Waals surface area contributed by atoms with Crippen LogP contribution in [0.4, 0.5) is 5.69 Å². The second-order valence-corrected chi connectivity index (χ2v) is 3.61. The summed E-state index contributed by atoms with van der Waals surface area (Å²) in [7, 11) is 0. The summed E-state index contributed by atoms with van der Waals surface area (Å²) in [6, 6.07) is 0. The van der Waals surface area contributed by atoms with Crippen LogP contribution in [0.15, 0.2) is 10.7 Å². The number of nitrogens with two attached hydrogens (primary N) is 1. The Morgan fingerprint density at radius 3 is 2.67 bits per heavy atom. The zero-order valence-corrected chi connectivity index (χ0v) is 7.63. The Bertz CT molecular complexity index is 250. The van der Waals surface area contributed by atoms with Gasteiger partial charge in [-0.2, -0.15) is 0 Å². The molecule has 4 heteroatoms. The first-order valence-electron chi connectivity index (χ1n) is 3.82. The van der Waals surface area contributed by atoms with E-state index in [1.165, 1.54) is 6.20 Å². The maximum absolute atomic E-state index is 5.53. The highest BCUT2D eigenvalue weighted by molar-refractivity contribution is 5.37. The topological polar surface area (TPSA) is 61.3 Å². The van der Waals surface area contributed by atoms with Crippen LogP contribution in [-0.4, -0.2) is 10.8 Å². The molecule has 0 aliphatic heterocycles. The molecule has 0 saturated carbocycles. The SMILES string of the molecule is CC(C)(C)OCc1oncc1N. The lowest BCUT2D eigenvalue weighted by Gasteiger charge is -2.18. The van der Waals surface area contributed by atoms with Gasteiger partial charge in [0.25, 0.3) is 0 Å². The van der Waals surface area contributed by atoms with Crippen molar-refractivity contribution in [1.29, 1.82) is 0 Å². The summed E-state index contributed by atoms with van der Waals surface area (Å²) in [4.78, 5) is 0. The van der Waals surface area contributed by atoms with E-state index in [9.17, 15) is 0 Å². The predicted octanol–water partition coefficient (Wildman–Crippen LogP) is 1.57. The van der Waals surface area contributed by atoms with E-state index in [1.807, 2.05) is 20.8 Å². The Kier molecular flexibility index (Phi) is 2.38. The summed E-state index contributed by atoms with van der Waals surface area (Å²) in [5, 5.41) is 3.54. The van der Waals surface area contributed by atoms with Crippen molar-refractivity contribution in [3.63, 3.8) is 0 Å². The Balaban J connectivity index is 2.49. The monoisotopic (exact) mass is 170 g/mol. The molecule has 0 saturated heterocycles. The van der Waals surface area contributed by atoms with Gasteiger partial charge in [0.1, 0.15) is 6.61 Å². The van der Waals surface area contributed by atoms with E-state index in [1.54, 1.807) is 0 Å². The van der Waals surface area contributed by atoms with Gasteiger partial charge in [0, 0.05) is 0 Å². The van der Waals surface area contributed by atoms with Crippen LogP contribution in [0.2, 0.25) is 0 Å². The van der Waals surface area contributed by atoms with Crippen molar-refractivity contribution in [2.75, 3.05) is 5.73 Å². The number of nitrogens with zero attached hydrogens (tertiary/aromatic N) is 1. The molecular weight excluding hydrogens is 156 g/mol. The molecule has 12 heavy (non-hydrogen) atoms. The number of anilines is 1. The number of nitrogen functional groups attached to an aromatic ring is 1. The van der Waals surface area contributed by atoms with Gasteiger partial charge < -0.3 is 15.0 Å². The van der Waals surface area contributed by atoms with Crippen LogP contribution in [0.25, 0.3) is 0 Å². The van der Waals surface area contributed by atoms with Crippen molar-refractivity contribution in [3.05, 3.63) is 12.0 Å². The molecule has 0 aromatic carbocycles. The van der Waals surface area contributed by atoms with Crippen molar-refractivity contribution in [2.45, 2.75) is 33.0 Å². The third-order valence-electron chi connectivity index (χ3n) is 1.31. The molecule has 0 radical (unpaired) electrons. The van der Waals surface area contributed by atoms with Crippen LogP contribution in [-0.2, 0) is 11.3 Å². The fourth-order valence-electron chi connectivity index (χ4n) is 0.663. The summed E-state index contributed by atoms with van der Waals surface area (Å²) >= 11 is 0. The van der Waals surface area contributed by atoms with E-state index in [4.69, 9.17) is 15.0 Å². The summed E-state index contributed by atoms with van der Waals surface area (Å²) in [6.07, 6.45) is 1.47. The summed E-state index contributed by atoms with van der Waals surface area (Å²) < 4.78 is 10.3. The zero-order chi connectivity index (χ0) is 9.19. The molecular formula is C8H14N2O2. The smallest absolute Gasteiger partial charge is 0.185 e. The van der Waals surface area contributed by atoms with E-state index in [0.29, 0.717) is 18.1 Å². The van der Waals surface area contributed by atoms with Gasteiger partial charge in [-0.05, 0) is 20.8 Å². The van der Waals surface area contributed by atoms with Gasteiger partial charge in [-0.25, -0.2) is 0 Å². The molecule has 68 valence electrons. The van der Waals surface area contributed by atoms with Gasteiger partial charge in [0.05, 0.1) is 17.5 Å². The summed E-state index contributed by atoms with van der Waals surface area (Å²) in [6.45, 7) is 6.29. The number of ether oxygens (including phenoxy) is 1. The van der Waals surface area contributed by atoms with Gasteiger partial charge in [0.2, 0.25) is 0 Å². The minimum atomic E-state index is -0.181. The predicted molar refractivity (Wildman–Crippen MR) is 45.5 cm³/mol. The van der Waals surface area contributed by atoms with E-state index in [2.05, 4.69) is 5.16 Å². The van der Waals surface area contributed by atoms with E-state index >= 15 is 0 Å². The molecule has 1 rings (SSSR count). The first-order valence-corrected chi connectivity index (χ1v) is 3.82. The third-order valence-corrected chi connectivity index (χ3v) is 1.31. The van der Waals surface area contributed by atoms with Crippen LogP contribution in [0.3, 0.4) is 0 Å². The van der Waals surface area contributed by atoms with Crippen molar-refractivity contribution in [2.24, 2.45) is 0 Å². The minimum Gasteiger partial charge on any atom is -0.394 e. The van der Waals surface area contributed by atoms with E-state index in [-0.39, 0.29) is 5.60 Å². The van der Waals surface area contributed by atoms with Gasteiger partial charge in [-0.1, -0.05) is 5.16 Å².